The lowest BCUT2D eigenvalue weighted by Crippen LogP contribution is -2.48. The van der Waals surface area contributed by atoms with E-state index >= 15 is 0 Å². The minimum Gasteiger partial charge on any atom is -0.497 e. The van der Waals surface area contributed by atoms with Crippen LogP contribution in [0.2, 0.25) is 0 Å². The Morgan fingerprint density at radius 2 is 1.88 bits per heavy atom. The Kier molecular flexibility index (Phi) is 7.27. The molecule has 0 bridgehead atoms. The standard InChI is InChI=1S/C24H26N4O5S/c1-4-14(2)21(25-20(29)11-15-5-8-17(31-3)9-6-15)22(30)26-24-28-27-23(34-24)16-7-10-18-19(12-16)33-13-32-18/h5-10,12,14,21H,4,11,13H2,1-3H3,(H,25,29)(H,26,28,30). The highest BCUT2D eigenvalue weighted by Gasteiger charge is 2.27. The van der Waals surface area contributed by atoms with Gasteiger partial charge in [0.2, 0.25) is 23.7 Å². The third kappa shape index (κ3) is 5.45. The lowest BCUT2D eigenvalue weighted by Gasteiger charge is -2.23. The van der Waals surface area contributed by atoms with E-state index in [2.05, 4.69) is 20.8 Å². The Labute approximate surface area is 201 Å². The number of aromatic nitrogens is 2. The molecule has 34 heavy (non-hydrogen) atoms. The molecule has 0 spiro atoms. The number of ether oxygens (including phenoxy) is 3. The molecule has 9 nitrogen and oxygen atoms in total. The van der Waals surface area contributed by atoms with Gasteiger partial charge in [-0.05, 0) is 41.8 Å². The van der Waals surface area contributed by atoms with Crippen LogP contribution >= 0.6 is 11.3 Å². The highest BCUT2D eigenvalue weighted by atomic mass is 32.1. The quantitative estimate of drug-likeness (QED) is 0.479. The summed E-state index contributed by atoms with van der Waals surface area (Å²) in [5.74, 6) is 1.42. The third-order valence-corrected chi connectivity index (χ3v) is 6.50. The van der Waals surface area contributed by atoms with Crippen LogP contribution < -0.4 is 24.8 Å². The number of carbonyl (C=O) groups excluding carboxylic acids is 2. The zero-order valence-corrected chi connectivity index (χ0v) is 20.0. The number of anilines is 1. The van der Waals surface area contributed by atoms with E-state index in [1.807, 2.05) is 44.2 Å². The van der Waals surface area contributed by atoms with Crippen molar-refractivity contribution < 1.29 is 23.8 Å². The maximum Gasteiger partial charge on any atom is 0.249 e. The van der Waals surface area contributed by atoms with E-state index in [0.717, 1.165) is 23.3 Å². The first kappa shape index (κ1) is 23.5. The highest BCUT2D eigenvalue weighted by molar-refractivity contribution is 7.18. The van der Waals surface area contributed by atoms with Crippen LogP contribution in [0, 0.1) is 5.92 Å². The van der Waals surface area contributed by atoms with Crippen molar-refractivity contribution in [1.82, 2.24) is 15.5 Å². The number of amides is 2. The van der Waals surface area contributed by atoms with Gasteiger partial charge >= 0.3 is 0 Å². The first-order chi connectivity index (χ1) is 16.5. The first-order valence-corrected chi connectivity index (χ1v) is 11.7. The van der Waals surface area contributed by atoms with E-state index in [1.165, 1.54) is 11.3 Å². The molecule has 0 fully saturated rings. The minimum absolute atomic E-state index is 0.0685. The van der Waals surface area contributed by atoms with Crippen LogP contribution in [-0.4, -0.2) is 42.0 Å². The van der Waals surface area contributed by atoms with Gasteiger partial charge in [0.05, 0.1) is 13.5 Å². The third-order valence-electron chi connectivity index (χ3n) is 5.61. The molecule has 2 unspecified atom stereocenters. The molecule has 1 aromatic heterocycles. The number of benzene rings is 2. The lowest BCUT2D eigenvalue weighted by atomic mass is 9.98. The zero-order valence-electron chi connectivity index (χ0n) is 19.2. The van der Waals surface area contributed by atoms with Gasteiger partial charge in [-0.15, -0.1) is 10.2 Å². The van der Waals surface area contributed by atoms with Gasteiger partial charge in [0, 0.05) is 5.56 Å². The number of hydrogen-bond donors (Lipinski definition) is 2. The predicted molar refractivity (Wildman–Crippen MR) is 128 cm³/mol. The Hall–Kier alpha value is -3.66. The molecule has 0 radical (unpaired) electrons. The Balaban J connectivity index is 1.41. The molecular weight excluding hydrogens is 456 g/mol. The number of nitrogens with one attached hydrogen (secondary N) is 2. The molecule has 2 amide bonds. The van der Waals surface area contributed by atoms with Crippen LogP contribution in [0.15, 0.2) is 42.5 Å². The maximum absolute atomic E-state index is 13.0. The molecule has 3 aromatic rings. The van der Waals surface area contributed by atoms with E-state index in [0.29, 0.717) is 21.6 Å². The maximum atomic E-state index is 13.0. The van der Waals surface area contributed by atoms with Crippen molar-refractivity contribution in [1.29, 1.82) is 0 Å². The molecule has 10 heteroatoms. The molecule has 4 rings (SSSR count). The second-order valence-corrected chi connectivity index (χ2v) is 8.90. The molecular formula is C24H26N4O5S. The van der Waals surface area contributed by atoms with Crippen molar-refractivity contribution in [2.75, 3.05) is 19.2 Å². The average Bonchev–Trinajstić information content (AvgIpc) is 3.51. The number of rotatable bonds is 9. The highest BCUT2D eigenvalue weighted by Crippen LogP contribution is 2.37. The molecule has 2 atom stereocenters. The van der Waals surface area contributed by atoms with Gasteiger partial charge in [0.25, 0.3) is 0 Å². The summed E-state index contributed by atoms with van der Waals surface area (Å²) in [7, 11) is 1.59. The largest absolute Gasteiger partial charge is 0.497 e. The van der Waals surface area contributed by atoms with Crippen LogP contribution in [0.3, 0.4) is 0 Å². The predicted octanol–water partition coefficient (Wildman–Crippen LogP) is 3.65. The topological polar surface area (TPSA) is 112 Å². The van der Waals surface area contributed by atoms with Gasteiger partial charge < -0.3 is 19.5 Å². The fraction of sp³-hybridized carbons (Fsp3) is 0.333. The Bertz CT molecular complexity index is 1160. The molecule has 2 aromatic carbocycles. The summed E-state index contributed by atoms with van der Waals surface area (Å²) in [6, 6.07) is 12.1. The van der Waals surface area contributed by atoms with Crippen molar-refractivity contribution in [3.05, 3.63) is 48.0 Å². The summed E-state index contributed by atoms with van der Waals surface area (Å²) in [5.41, 5.74) is 1.65. The second-order valence-electron chi connectivity index (χ2n) is 7.93. The smallest absolute Gasteiger partial charge is 0.249 e. The molecule has 0 saturated heterocycles. The van der Waals surface area contributed by atoms with Gasteiger partial charge in [0.1, 0.15) is 16.8 Å². The van der Waals surface area contributed by atoms with Crippen molar-refractivity contribution in [2.24, 2.45) is 5.92 Å². The van der Waals surface area contributed by atoms with Crippen molar-refractivity contribution >= 4 is 28.3 Å². The van der Waals surface area contributed by atoms with E-state index < -0.39 is 6.04 Å². The van der Waals surface area contributed by atoms with Crippen LogP contribution in [0.4, 0.5) is 5.13 Å². The molecule has 2 N–H and O–H groups in total. The second kappa shape index (κ2) is 10.5. The summed E-state index contributed by atoms with van der Waals surface area (Å²) >= 11 is 1.25. The SMILES string of the molecule is CCC(C)C(NC(=O)Cc1ccc(OC)cc1)C(=O)Nc1nnc(-c2ccc3c(c2)OCO3)s1. The Morgan fingerprint density at radius 3 is 2.62 bits per heavy atom. The van der Waals surface area contributed by atoms with Gasteiger partial charge in [-0.3, -0.25) is 14.9 Å². The number of nitrogens with zero attached hydrogens (tertiary/aromatic N) is 2. The number of carbonyl (C=O) groups is 2. The monoisotopic (exact) mass is 482 g/mol. The number of hydrogen-bond acceptors (Lipinski definition) is 8. The minimum atomic E-state index is -0.700. The van der Waals surface area contributed by atoms with E-state index in [4.69, 9.17) is 14.2 Å². The van der Waals surface area contributed by atoms with Crippen LogP contribution in [0.25, 0.3) is 10.6 Å². The lowest BCUT2D eigenvalue weighted by molar-refractivity contribution is -0.127. The van der Waals surface area contributed by atoms with Crippen molar-refractivity contribution in [2.45, 2.75) is 32.7 Å². The molecule has 1 aliphatic rings. The van der Waals surface area contributed by atoms with Crippen LogP contribution in [-0.2, 0) is 16.0 Å². The van der Waals surface area contributed by atoms with E-state index in [9.17, 15) is 9.59 Å². The first-order valence-electron chi connectivity index (χ1n) is 10.9. The van der Waals surface area contributed by atoms with Crippen LogP contribution in [0.5, 0.6) is 17.2 Å². The van der Waals surface area contributed by atoms with Gasteiger partial charge in [-0.25, -0.2) is 0 Å². The molecule has 1 aliphatic heterocycles. The molecule has 0 aliphatic carbocycles. The number of methoxy groups -OCH3 is 1. The molecule has 2 heterocycles. The summed E-state index contributed by atoms with van der Waals surface area (Å²) in [6.45, 7) is 4.09. The number of fused-ring (bicyclic) bond motifs is 1. The Morgan fingerprint density at radius 1 is 1.12 bits per heavy atom. The summed E-state index contributed by atoms with van der Waals surface area (Å²) in [4.78, 5) is 25.7. The van der Waals surface area contributed by atoms with Crippen LogP contribution in [0.1, 0.15) is 25.8 Å². The van der Waals surface area contributed by atoms with Crippen molar-refractivity contribution in [3.8, 4) is 27.8 Å². The fourth-order valence-electron chi connectivity index (χ4n) is 3.46. The summed E-state index contributed by atoms with van der Waals surface area (Å²) in [6.07, 6.45) is 0.886. The average molecular weight is 483 g/mol. The molecule has 0 saturated carbocycles. The van der Waals surface area contributed by atoms with Gasteiger partial charge in [-0.2, -0.15) is 0 Å². The van der Waals surface area contributed by atoms with Gasteiger partial charge in [0.15, 0.2) is 11.5 Å². The zero-order chi connectivity index (χ0) is 24.1. The van der Waals surface area contributed by atoms with Gasteiger partial charge in [-0.1, -0.05) is 43.7 Å². The summed E-state index contributed by atoms with van der Waals surface area (Å²) in [5, 5.41) is 14.9. The molecule has 178 valence electrons. The van der Waals surface area contributed by atoms with E-state index in [1.54, 1.807) is 19.2 Å². The van der Waals surface area contributed by atoms with E-state index in [-0.39, 0.29) is 30.9 Å². The fourth-order valence-corrected chi connectivity index (χ4v) is 4.20. The normalized spacial score (nSPS) is 13.7. The van der Waals surface area contributed by atoms with Crippen molar-refractivity contribution in [3.63, 3.8) is 0 Å². The summed E-state index contributed by atoms with van der Waals surface area (Å²) < 4.78 is 15.9.